The zero-order valence-electron chi connectivity index (χ0n) is 6.92. The van der Waals surface area contributed by atoms with Crippen LogP contribution in [0.5, 0.6) is 0 Å². The molecular formula is C8H15NO. The van der Waals surface area contributed by atoms with Crippen molar-refractivity contribution in [2.24, 2.45) is 4.99 Å². The van der Waals surface area contributed by atoms with Gasteiger partial charge in [0.15, 0.2) is 0 Å². The van der Waals surface area contributed by atoms with Crippen LogP contribution in [0.1, 0.15) is 20.3 Å². The molecule has 0 rings (SSSR count). The highest BCUT2D eigenvalue weighted by molar-refractivity contribution is 5.57. The first kappa shape index (κ1) is 9.37. The zero-order chi connectivity index (χ0) is 7.82. The van der Waals surface area contributed by atoms with Crippen LogP contribution in [0, 0.1) is 0 Å². The van der Waals surface area contributed by atoms with Gasteiger partial charge < -0.3 is 4.74 Å². The van der Waals surface area contributed by atoms with E-state index in [2.05, 4.69) is 11.9 Å². The summed E-state index contributed by atoms with van der Waals surface area (Å²) in [5.41, 5.74) is 1.15. The first-order valence-corrected chi connectivity index (χ1v) is 3.47. The molecule has 0 saturated heterocycles. The molecule has 0 N–H and O–H groups in total. The van der Waals surface area contributed by atoms with Crippen molar-refractivity contribution < 1.29 is 4.74 Å². The fraction of sp³-hybridized carbons (Fsp3) is 0.625. The number of hydrogen-bond acceptors (Lipinski definition) is 2. The van der Waals surface area contributed by atoms with Gasteiger partial charge in [-0.25, -0.2) is 0 Å². The van der Waals surface area contributed by atoms with E-state index in [1.54, 1.807) is 7.11 Å². The molecule has 0 radical (unpaired) electrons. The molecular weight excluding hydrogens is 126 g/mol. The molecule has 58 valence electrons. The van der Waals surface area contributed by atoms with Crippen LogP contribution in [-0.4, -0.2) is 19.9 Å². The molecule has 0 bridgehead atoms. The number of aliphatic imine (C=N–C) groups is 1. The summed E-state index contributed by atoms with van der Waals surface area (Å²) >= 11 is 0. The van der Waals surface area contributed by atoms with Gasteiger partial charge in [0.2, 0.25) is 0 Å². The first-order valence-electron chi connectivity index (χ1n) is 3.47. The van der Waals surface area contributed by atoms with Crippen molar-refractivity contribution in [2.75, 3.05) is 13.7 Å². The Morgan fingerprint density at radius 3 is 2.80 bits per heavy atom. The maximum Gasteiger partial charge on any atom is 0.0688 e. The van der Waals surface area contributed by atoms with Crippen LogP contribution in [0.3, 0.4) is 0 Å². The molecule has 2 heteroatoms. The highest BCUT2D eigenvalue weighted by atomic mass is 16.5. The van der Waals surface area contributed by atoms with Gasteiger partial charge in [0.05, 0.1) is 6.61 Å². The SMILES string of the molecule is CCC=N/C=C(/C)COC. The predicted molar refractivity (Wildman–Crippen MR) is 44.4 cm³/mol. The maximum absolute atomic E-state index is 4.89. The van der Waals surface area contributed by atoms with Crippen molar-refractivity contribution in [3.8, 4) is 0 Å². The van der Waals surface area contributed by atoms with Crippen molar-refractivity contribution in [2.45, 2.75) is 20.3 Å². The molecule has 0 aromatic carbocycles. The molecule has 0 aromatic heterocycles. The molecule has 0 saturated carbocycles. The van der Waals surface area contributed by atoms with Crippen molar-refractivity contribution in [3.05, 3.63) is 11.8 Å². The van der Waals surface area contributed by atoms with Crippen LogP contribution >= 0.6 is 0 Å². The molecule has 0 aliphatic carbocycles. The van der Waals surface area contributed by atoms with Gasteiger partial charge in [0, 0.05) is 19.5 Å². The van der Waals surface area contributed by atoms with E-state index < -0.39 is 0 Å². The molecule has 0 unspecified atom stereocenters. The Balaban J connectivity index is 3.56. The third-order valence-corrected chi connectivity index (χ3v) is 0.955. The predicted octanol–water partition coefficient (Wildman–Crippen LogP) is 2.02. The number of ether oxygens (including phenoxy) is 1. The highest BCUT2D eigenvalue weighted by Crippen LogP contribution is 1.91. The molecule has 0 aromatic rings. The highest BCUT2D eigenvalue weighted by Gasteiger charge is 1.82. The molecule has 0 aliphatic heterocycles. The Morgan fingerprint density at radius 1 is 1.60 bits per heavy atom. The second-order valence-corrected chi connectivity index (χ2v) is 2.15. The summed E-state index contributed by atoms with van der Waals surface area (Å²) in [6.45, 7) is 4.72. The van der Waals surface area contributed by atoms with Crippen LogP contribution in [0.4, 0.5) is 0 Å². The number of nitrogens with zero attached hydrogens (tertiary/aromatic N) is 1. The first-order chi connectivity index (χ1) is 4.81. The normalized spacial score (nSPS) is 12.9. The second-order valence-electron chi connectivity index (χ2n) is 2.15. The Labute approximate surface area is 62.6 Å². The largest absolute Gasteiger partial charge is 0.380 e. The summed E-state index contributed by atoms with van der Waals surface area (Å²) < 4.78 is 4.89. The number of hydrogen-bond donors (Lipinski definition) is 0. The van der Waals surface area contributed by atoms with E-state index in [-0.39, 0.29) is 0 Å². The summed E-state index contributed by atoms with van der Waals surface area (Å²) in [5.74, 6) is 0. The second kappa shape index (κ2) is 6.49. The van der Waals surface area contributed by atoms with Crippen LogP contribution in [-0.2, 0) is 4.74 Å². The van der Waals surface area contributed by atoms with Crippen LogP contribution < -0.4 is 0 Å². The Kier molecular flexibility index (Phi) is 6.08. The van der Waals surface area contributed by atoms with Crippen LogP contribution in [0.2, 0.25) is 0 Å². The lowest BCUT2D eigenvalue weighted by molar-refractivity contribution is 0.225. The van der Waals surface area contributed by atoms with E-state index in [0.717, 1.165) is 12.0 Å². The molecule has 0 fully saturated rings. The standard InChI is InChI=1S/C8H15NO/c1-4-5-9-6-8(2)7-10-3/h5-6H,4,7H2,1-3H3/b8-6-,9-5?. The van der Waals surface area contributed by atoms with Gasteiger partial charge in [0.1, 0.15) is 0 Å². The summed E-state index contributed by atoms with van der Waals surface area (Å²) in [5, 5.41) is 0. The minimum Gasteiger partial charge on any atom is -0.380 e. The quantitative estimate of drug-likeness (QED) is 0.549. The third kappa shape index (κ3) is 5.51. The van der Waals surface area contributed by atoms with Crippen molar-refractivity contribution >= 4 is 6.21 Å². The molecule has 0 spiro atoms. The summed E-state index contributed by atoms with van der Waals surface area (Å²) in [4.78, 5) is 4.04. The molecule has 10 heavy (non-hydrogen) atoms. The van der Waals surface area contributed by atoms with Gasteiger partial charge in [0.25, 0.3) is 0 Å². The van der Waals surface area contributed by atoms with Crippen LogP contribution in [0.15, 0.2) is 16.8 Å². The van der Waals surface area contributed by atoms with Crippen molar-refractivity contribution in [1.82, 2.24) is 0 Å². The van der Waals surface area contributed by atoms with E-state index in [1.165, 1.54) is 0 Å². The van der Waals surface area contributed by atoms with E-state index in [1.807, 2.05) is 19.3 Å². The fourth-order valence-corrected chi connectivity index (χ4v) is 0.550. The van der Waals surface area contributed by atoms with Gasteiger partial charge in [-0.15, -0.1) is 0 Å². The van der Waals surface area contributed by atoms with E-state index in [9.17, 15) is 0 Å². The average molecular weight is 141 g/mol. The van der Waals surface area contributed by atoms with E-state index in [0.29, 0.717) is 6.61 Å². The van der Waals surface area contributed by atoms with Gasteiger partial charge >= 0.3 is 0 Å². The Morgan fingerprint density at radius 2 is 2.30 bits per heavy atom. The monoisotopic (exact) mass is 141 g/mol. The Hall–Kier alpha value is -0.630. The third-order valence-electron chi connectivity index (χ3n) is 0.955. The maximum atomic E-state index is 4.89. The molecule has 2 nitrogen and oxygen atoms in total. The van der Waals surface area contributed by atoms with E-state index >= 15 is 0 Å². The van der Waals surface area contributed by atoms with Gasteiger partial charge in [-0.1, -0.05) is 6.92 Å². The molecule has 0 amide bonds. The average Bonchev–Trinajstić information content (AvgIpc) is 1.89. The van der Waals surface area contributed by atoms with Crippen molar-refractivity contribution in [1.29, 1.82) is 0 Å². The number of rotatable bonds is 4. The van der Waals surface area contributed by atoms with E-state index in [4.69, 9.17) is 4.74 Å². The van der Waals surface area contributed by atoms with Gasteiger partial charge in [-0.3, -0.25) is 4.99 Å². The lowest BCUT2D eigenvalue weighted by Crippen LogP contribution is -1.88. The fourth-order valence-electron chi connectivity index (χ4n) is 0.550. The summed E-state index contributed by atoms with van der Waals surface area (Å²) in [7, 11) is 1.68. The van der Waals surface area contributed by atoms with Crippen LogP contribution in [0.25, 0.3) is 0 Å². The Bertz CT molecular complexity index is 127. The minimum absolute atomic E-state index is 0.668. The molecule has 0 heterocycles. The lowest BCUT2D eigenvalue weighted by Gasteiger charge is -1.94. The summed E-state index contributed by atoms with van der Waals surface area (Å²) in [6, 6.07) is 0. The molecule has 0 atom stereocenters. The zero-order valence-corrected chi connectivity index (χ0v) is 6.92. The minimum atomic E-state index is 0.668. The molecule has 0 aliphatic rings. The van der Waals surface area contributed by atoms with Gasteiger partial charge in [-0.2, -0.15) is 0 Å². The van der Waals surface area contributed by atoms with Gasteiger partial charge in [-0.05, 0) is 18.9 Å². The number of methoxy groups -OCH3 is 1. The summed E-state index contributed by atoms with van der Waals surface area (Å²) in [6.07, 6.45) is 4.68. The lowest BCUT2D eigenvalue weighted by atomic mass is 10.3. The topological polar surface area (TPSA) is 21.6 Å². The van der Waals surface area contributed by atoms with Crippen molar-refractivity contribution in [3.63, 3.8) is 0 Å². The smallest absolute Gasteiger partial charge is 0.0688 e.